The first-order valence-electron chi connectivity index (χ1n) is 11.0. The maximum Gasteiger partial charge on any atom is 0.174 e. The van der Waals surface area contributed by atoms with Crippen molar-refractivity contribution in [3.8, 4) is 5.69 Å². The molecule has 2 atom stereocenters. The van der Waals surface area contributed by atoms with Gasteiger partial charge in [-0.25, -0.2) is 4.39 Å². The van der Waals surface area contributed by atoms with Crippen molar-refractivity contribution < 1.29 is 4.39 Å². The van der Waals surface area contributed by atoms with Crippen LogP contribution in [-0.2, 0) is 0 Å². The number of aromatic nitrogens is 2. The number of nitrogens with one attached hydrogen (secondary N) is 1. The van der Waals surface area contributed by atoms with Gasteiger partial charge in [-0.3, -0.25) is 4.98 Å². The molecule has 2 aromatic carbocycles. The van der Waals surface area contributed by atoms with Crippen LogP contribution in [0.1, 0.15) is 40.3 Å². The van der Waals surface area contributed by atoms with Crippen LogP contribution in [-0.4, -0.2) is 14.7 Å². The van der Waals surface area contributed by atoms with E-state index >= 15 is 0 Å². The third-order valence-corrected chi connectivity index (χ3v) is 6.67. The van der Waals surface area contributed by atoms with Gasteiger partial charge in [-0.2, -0.15) is 0 Å². The molecule has 4 aromatic rings. The zero-order chi connectivity index (χ0) is 23.1. The van der Waals surface area contributed by atoms with Crippen LogP contribution in [0.2, 0.25) is 0 Å². The van der Waals surface area contributed by atoms with Gasteiger partial charge in [-0.15, -0.1) is 0 Å². The van der Waals surface area contributed by atoms with E-state index in [4.69, 9.17) is 12.2 Å². The highest BCUT2D eigenvalue weighted by Crippen LogP contribution is 2.44. The normalized spacial score (nSPS) is 17.9. The maximum atomic E-state index is 15.0. The van der Waals surface area contributed by atoms with Crippen molar-refractivity contribution in [3.05, 3.63) is 113 Å². The quantitative estimate of drug-likeness (QED) is 0.376. The molecule has 1 aliphatic heterocycles. The smallest absolute Gasteiger partial charge is 0.174 e. The summed E-state index contributed by atoms with van der Waals surface area (Å²) in [6, 6.07) is 22.7. The Bertz CT molecular complexity index is 1330. The number of benzene rings is 2. The summed E-state index contributed by atoms with van der Waals surface area (Å²) in [4.78, 5) is 6.50. The molecule has 2 aromatic heterocycles. The lowest BCUT2D eigenvalue weighted by molar-refractivity contribution is 0.556. The first-order chi connectivity index (χ1) is 16.0. The summed E-state index contributed by atoms with van der Waals surface area (Å²) in [5.41, 5.74) is 6.95. The van der Waals surface area contributed by atoms with Crippen LogP contribution < -0.4 is 10.2 Å². The molecule has 1 N–H and O–H groups in total. The van der Waals surface area contributed by atoms with Crippen LogP contribution in [0.5, 0.6) is 0 Å². The Morgan fingerprint density at radius 2 is 1.61 bits per heavy atom. The van der Waals surface area contributed by atoms with E-state index in [1.54, 1.807) is 18.3 Å². The lowest BCUT2D eigenvalue weighted by Crippen LogP contribution is -2.30. The molecule has 33 heavy (non-hydrogen) atoms. The summed E-state index contributed by atoms with van der Waals surface area (Å²) in [5.74, 6) is -0.305. The second-order valence-corrected chi connectivity index (χ2v) is 8.78. The van der Waals surface area contributed by atoms with E-state index in [0.29, 0.717) is 10.8 Å². The van der Waals surface area contributed by atoms with Crippen LogP contribution in [0.15, 0.2) is 79.0 Å². The molecule has 5 rings (SSSR count). The molecule has 0 amide bonds. The van der Waals surface area contributed by atoms with Gasteiger partial charge in [0.05, 0.1) is 23.5 Å². The molecule has 0 unspecified atom stereocenters. The van der Waals surface area contributed by atoms with Gasteiger partial charge in [0.15, 0.2) is 5.11 Å². The van der Waals surface area contributed by atoms with E-state index in [1.165, 1.54) is 11.6 Å². The highest BCUT2D eigenvalue weighted by Gasteiger charge is 2.43. The topological polar surface area (TPSA) is 33.1 Å². The fraction of sp³-hybridized carbons (Fsp3) is 0.185. The monoisotopic (exact) mass is 456 g/mol. The molecule has 6 heteroatoms. The zero-order valence-electron chi connectivity index (χ0n) is 18.8. The van der Waals surface area contributed by atoms with Crippen molar-refractivity contribution in [1.29, 1.82) is 0 Å². The van der Waals surface area contributed by atoms with Crippen LogP contribution in [0, 0.1) is 26.6 Å². The van der Waals surface area contributed by atoms with E-state index in [0.717, 1.165) is 28.3 Å². The Kier molecular flexibility index (Phi) is 5.46. The van der Waals surface area contributed by atoms with E-state index in [2.05, 4.69) is 59.9 Å². The molecular formula is C27H25FN4S. The van der Waals surface area contributed by atoms with Gasteiger partial charge in [-0.05, 0) is 80.5 Å². The molecular weight excluding hydrogens is 431 g/mol. The number of aryl methyl sites for hydroxylation is 2. The molecule has 1 saturated heterocycles. The highest BCUT2D eigenvalue weighted by atomic mass is 32.1. The number of halogens is 1. The minimum Gasteiger partial charge on any atom is -0.351 e. The van der Waals surface area contributed by atoms with Crippen LogP contribution in [0.4, 0.5) is 10.1 Å². The summed E-state index contributed by atoms with van der Waals surface area (Å²) in [6.07, 6.45) is 1.78. The molecule has 3 heterocycles. The minimum atomic E-state index is -0.305. The standard InChI is InChI=1S/C27H25FN4S/c1-17-10-4-6-13-23(17)31-18(2)16-20(19(31)3)26-25(22-12-8-9-15-29-22)30-27(33)32(26)24-14-7-5-11-21(24)28/h4-16,25-26H,1-3H3,(H,30,33)/t25-,26-/m1/s1. The fourth-order valence-electron chi connectivity index (χ4n) is 4.85. The first-order valence-corrected chi connectivity index (χ1v) is 11.4. The molecule has 0 bridgehead atoms. The predicted octanol–water partition coefficient (Wildman–Crippen LogP) is 6.11. The number of para-hydroxylation sites is 2. The van der Waals surface area contributed by atoms with Crippen molar-refractivity contribution >= 4 is 23.0 Å². The number of anilines is 1. The molecule has 1 fully saturated rings. The van der Waals surface area contributed by atoms with Crippen molar-refractivity contribution in [3.63, 3.8) is 0 Å². The first kappa shape index (κ1) is 21.3. The average Bonchev–Trinajstić information content (AvgIpc) is 3.30. The lowest BCUT2D eigenvalue weighted by Gasteiger charge is -2.28. The summed E-state index contributed by atoms with van der Waals surface area (Å²) >= 11 is 5.75. The zero-order valence-corrected chi connectivity index (χ0v) is 19.6. The van der Waals surface area contributed by atoms with E-state index < -0.39 is 0 Å². The van der Waals surface area contributed by atoms with E-state index in [-0.39, 0.29) is 17.9 Å². The molecule has 0 aliphatic carbocycles. The van der Waals surface area contributed by atoms with Crippen molar-refractivity contribution in [1.82, 2.24) is 14.9 Å². The molecule has 4 nitrogen and oxygen atoms in total. The van der Waals surface area contributed by atoms with Crippen LogP contribution in [0.3, 0.4) is 0 Å². The fourth-order valence-corrected chi connectivity index (χ4v) is 5.19. The predicted molar refractivity (Wildman–Crippen MR) is 134 cm³/mol. The summed E-state index contributed by atoms with van der Waals surface area (Å²) in [5, 5.41) is 3.91. The SMILES string of the molecule is Cc1ccccc1-n1c(C)cc([C@@H]2[C@@H](c3ccccn3)NC(=S)N2c2ccccc2F)c1C. The van der Waals surface area contributed by atoms with Crippen molar-refractivity contribution in [2.75, 3.05) is 4.90 Å². The summed E-state index contributed by atoms with van der Waals surface area (Å²) in [7, 11) is 0. The molecule has 0 radical (unpaired) electrons. The number of pyridine rings is 1. The Morgan fingerprint density at radius 3 is 2.30 bits per heavy atom. The lowest BCUT2D eigenvalue weighted by atomic mass is 9.96. The maximum absolute atomic E-state index is 15.0. The van der Waals surface area contributed by atoms with Gasteiger partial charge in [0.2, 0.25) is 0 Å². The van der Waals surface area contributed by atoms with Gasteiger partial charge in [0, 0.05) is 23.3 Å². The third-order valence-electron chi connectivity index (χ3n) is 6.36. The minimum absolute atomic E-state index is 0.218. The largest absolute Gasteiger partial charge is 0.351 e. The molecule has 0 spiro atoms. The Morgan fingerprint density at radius 1 is 0.909 bits per heavy atom. The van der Waals surface area contributed by atoms with Crippen LogP contribution >= 0.6 is 12.2 Å². The third kappa shape index (κ3) is 3.60. The summed E-state index contributed by atoms with van der Waals surface area (Å²) < 4.78 is 17.3. The van der Waals surface area contributed by atoms with Gasteiger partial charge < -0.3 is 14.8 Å². The van der Waals surface area contributed by atoms with Gasteiger partial charge in [0.25, 0.3) is 0 Å². The summed E-state index contributed by atoms with van der Waals surface area (Å²) in [6.45, 7) is 6.33. The second kappa shape index (κ2) is 8.45. The Hall–Kier alpha value is -3.51. The van der Waals surface area contributed by atoms with Gasteiger partial charge in [0.1, 0.15) is 5.82 Å². The highest BCUT2D eigenvalue weighted by molar-refractivity contribution is 7.80. The Labute approximate surface area is 198 Å². The number of hydrogen-bond acceptors (Lipinski definition) is 2. The molecule has 166 valence electrons. The Balaban J connectivity index is 1.71. The van der Waals surface area contributed by atoms with Crippen molar-refractivity contribution in [2.45, 2.75) is 32.9 Å². The average molecular weight is 457 g/mol. The van der Waals surface area contributed by atoms with Crippen molar-refractivity contribution in [2.24, 2.45) is 0 Å². The van der Waals surface area contributed by atoms with E-state index in [9.17, 15) is 4.39 Å². The van der Waals surface area contributed by atoms with Gasteiger partial charge in [-0.1, -0.05) is 36.4 Å². The van der Waals surface area contributed by atoms with E-state index in [1.807, 2.05) is 35.2 Å². The van der Waals surface area contributed by atoms with Gasteiger partial charge >= 0.3 is 0 Å². The number of thiocarbonyl (C=S) groups is 1. The molecule has 1 aliphatic rings. The van der Waals surface area contributed by atoms with Crippen LogP contribution in [0.25, 0.3) is 5.69 Å². The number of hydrogen-bond donors (Lipinski definition) is 1. The molecule has 0 saturated carbocycles. The second-order valence-electron chi connectivity index (χ2n) is 8.40. The number of rotatable bonds is 4. The number of nitrogens with zero attached hydrogens (tertiary/aromatic N) is 3.